The van der Waals surface area contributed by atoms with Crippen LogP contribution in [0, 0.1) is 11.3 Å². The first-order chi connectivity index (χ1) is 15.0. The summed E-state index contributed by atoms with van der Waals surface area (Å²) in [6, 6.07) is 15.1. The molecule has 1 amide bonds. The first-order valence-corrected chi connectivity index (χ1v) is 10.3. The maximum Gasteiger partial charge on any atom is 0.558 e. The molecule has 0 aliphatic carbocycles. The lowest BCUT2D eigenvalue weighted by Gasteiger charge is -2.18. The highest BCUT2D eigenvalue weighted by Gasteiger charge is 2.23. The normalized spacial score (nSPS) is 17.6. The number of nitriles is 1. The fourth-order valence-electron chi connectivity index (χ4n) is 3.66. The number of hydrogen-bond donors (Lipinski definition) is 3. The van der Waals surface area contributed by atoms with Crippen LogP contribution in [-0.4, -0.2) is 42.9 Å². The van der Waals surface area contributed by atoms with Crippen LogP contribution >= 0.6 is 0 Å². The van der Waals surface area contributed by atoms with Gasteiger partial charge >= 0.3 is 6.08 Å². The third kappa shape index (κ3) is 4.68. The molecule has 2 heterocycles. The van der Waals surface area contributed by atoms with Gasteiger partial charge in [0.25, 0.3) is 11.4 Å². The van der Waals surface area contributed by atoms with Crippen molar-refractivity contribution in [1.82, 2.24) is 10.6 Å². The molecule has 3 aromatic rings. The van der Waals surface area contributed by atoms with Crippen LogP contribution in [0.15, 0.2) is 46.9 Å². The van der Waals surface area contributed by atoms with E-state index in [1.165, 1.54) is 0 Å². The number of nitrogens with zero attached hydrogens (tertiary/aromatic N) is 2. The first kappa shape index (κ1) is 20.8. The second-order valence-corrected chi connectivity index (χ2v) is 7.63. The number of carbonyl (C=O) groups excluding carboxylic acids is 1. The van der Waals surface area contributed by atoms with Gasteiger partial charge in [-0.25, -0.2) is 0 Å². The molecule has 8 heteroatoms. The summed E-state index contributed by atoms with van der Waals surface area (Å²) in [7, 11) is 1.74. The average molecular weight is 421 g/mol. The van der Waals surface area contributed by atoms with Crippen LogP contribution in [-0.2, 0) is 23.0 Å². The number of oxazole rings is 1. The smallest absolute Gasteiger partial charge is 0.429 e. The molecule has 160 valence electrons. The number of ether oxygens (including phenoxy) is 1. The van der Waals surface area contributed by atoms with E-state index in [0.29, 0.717) is 25.2 Å². The lowest BCUT2D eigenvalue weighted by Crippen LogP contribution is -2.46. The second kappa shape index (κ2) is 9.16. The Labute approximate surface area is 180 Å². The maximum atomic E-state index is 12.4. The van der Waals surface area contributed by atoms with Crippen molar-refractivity contribution in [3.63, 3.8) is 0 Å². The first-order valence-electron chi connectivity index (χ1n) is 10.3. The number of hydrogen-bond acceptors (Lipinski definition) is 6. The van der Waals surface area contributed by atoms with Gasteiger partial charge in [-0.05, 0) is 35.7 Å². The van der Waals surface area contributed by atoms with Crippen LogP contribution in [0.25, 0.3) is 22.2 Å². The number of aryl methyl sites for hydroxylation is 1. The van der Waals surface area contributed by atoms with E-state index in [4.69, 9.17) is 9.15 Å². The summed E-state index contributed by atoms with van der Waals surface area (Å²) >= 11 is 0. The van der Waals surface area contributed by atoms with E-state index in [2.05, 4.69) is 16.7 Å². The van der Waals surface area contributed by atoms with Gasteiger partial charge in [-0.3, -0.25) is 4.79 Å². The Bertz CT molecular complexity index is 1110. The molecule has 1 aliphatic rings. The van der Waals surface area contributed by atoms with Crippen molar-refractivity contribution in [1.29, 1.82) is 5.26 Å². The van der Waals surface area contributed by atoms with Crippen LogP contribution in [0.4, 0.5) is 0 Å². The molecular weight excluding hydrogens is 396 g/mol. The van der Waals surface area contributed by atoms with E-state index in [-0.39, 0.29) is 12.0 Å². The molecule has 0 unspecified atom stereocenters. The quantitative estimate of drug-likeness (QED) is 0.539. The monoisotopic (exact) mass is 421 g/mol. The topological polar surface area (TPSA) is 111 Å². The molecule has 0 bridgehead atoms. The van der Waals surface area contributed by atoms with E-state index >= 15 is 0 Å². The molecule has 1 aromatic heterocycles. The number of amides is 1. The number of aromatic nitrogens is 1. The Hall–Kier alpha value is -3.41. The van der Waals surface area contributed by atoms with Crippen molar-refractivity contribution in [2.45, 2.75) is 25.0 Å². The number of rotatable bonds is 5. The largest absolute Gasteiger partial charge is 0.558 e. The lowest BCUT2D eigenvalue weighted by molar-refractivity contribution is -0.657. The van der Waals surface area contributed by atoms with E-state index in [0.717, 1.165) is 35.2 Å². The minimum atomic E-state index is -0.630. The summed E-state index contributed by atoms with van der Waals surface area (Å²) in [4.78, 5) is 12.4. The minimum Gasteiger partial charge on any atom is -0.429 e. The number of fused-ring (bicyclic) bond motifs is 1. The standard InChI is InChI=1S/C23H24N4O4/c1-27-19-12-17(7-8-20(19)31-23(27)29)16-5-3-15(4-6-16)11-18(13-24)26-22(28)21-14-25-9-2-10-30-21/h3-8,12,18,21,25H,2,9-11,14H2,1H3,(H,26,28)/p+1/t18-,21-/m0/s1. The lowest BCUT2D eigenvalue weighted by atomic mass is 10.0. The molecule has 0 saturated carbocycles. The van der Waals surface area contributed by atoms with Crippen molar-refractivity contribution in [2.24, 2.45) is 7.05 Å². The van der Waals surface area contributed by atoms with Gasteiger partial charge in [0.2, 0.25) is 5.58 Å². The van der Waals surface area contributed by atoms with Crippen molar-refractivity contribution < 1.29 is 23.6 Å². The highest BCUT2D eigenvalue weighted by atomic mass is 16.5. The predicted octanol–water partition coefficient (Wildman–Crippen LogP) is 1.56. The SMILES string of the molecule is C[n+]1c(O)oc2ccc(-c3ccc(C[C@@H](C#N)NC(=O)[C@@H]4CNCCCO4)cc3)cc21. The van der Waals surface area contributed by atoms with Crippen LogP contribution in [0.1, 0.15) is 12.0 Å². The summed E-state index contributed by atoms with van der Waals surface area (Å²) in [6.45, 7) is 1.81. The van der Waals surface area contributed by atoms with Gasteiger partial charge < -0.3 is 24.9 Å². The fourth-order valence-corrected chi connectivity index (χ4v) is 3.66. The van der Waals surface area contributed by atoms with Crippen molar-refractivity contribution in [3.05, 3.63) is 48.0 Å². The molecule has 0 spiro atoms. The highest BCUT2D eigenvalue weighted by Crippen LogP contribution is 2.25. The van der Waals surface area contributed by atoms with Gasteiger partial charge in [-0.15, -0.1) is 4.57 Å². The average Bonchev–Trinajstić information content (AvgIpc) is 2.96. The van der Waals surface area contributed by atoms with Crippen molar-refractivity contribution >= 4 is 17.0 Å². The van der Waals surface area contributed by atoms with Crippen LogP contribution in [0.3, 0.4) is 0 Å². The van der Waals surface area contributed by atoms with Gasteiger partial charge in [-0.1, -0.05) is 30.3 Å². The van der Waals surface area contributed by atoms with Crippen molar-refractivity contribution in [3.8, 4) is 23.3 Å². The summed E-state index contributed by atoms with van der Waals surface area (Å²) in [5.41, 5.74) is 4.34. The van der Waals surface area contributed by atoms with Gasteiger partial charge in [-0.2, -0.15) is 5.26 Å². The Morgan fingerprint density at radius 3 is 2.87 bits per heavy atom. The van der Waals surface area contributed by atoms with Gasteiger partial charge in [0.1, 0.15) is 19.2 Å². The fraction of sp³-hybridized carbons (Fsp3) is 0.348. The molecule has 0 radical (unpaired) electrons. The number of nitrogens with one attached hydrogen (secondary N) is 2. The van der Waals surface area contributed by atoms with Crippen LogP contribution in [0.2, 0.25) is 0 Å². The van der Waals surface area contributed by atoms with E-state index < -0.39 is 12.1 Å². The van der Waals surface area contributed by atoms with Gasteiger partial charge in [0.15, 0.2) is 0 Å². The molecule has 2 atom stereocenters. The molecule has 1 fully saturated rings. The summed E-state index contributed by atoms with van der Waals surface area (Å²) in [6.07, 6.45) is 0.563. The zero-order valence-electron chi connectivity index (χ0n) is 17.3. The third-order valence-corrected chi connectivity index (χ3v) is 5.45. The summed E-state index contributed by atoms with van der Waals surface area (Å²) < 4.78 is 12.4. The molecule has 31 heavy (non-hydrogen) atoms. The zero-order chi connectivity index (χ0) is 21.8. The predicted molar refractivity (Wildman–Crippen MR) is 113 cm³/mol. The molecule has 2 aromatic carbocycles. The van der Waals surface area contributed by atoms with Gasteiger partial charge in [0.05, 0.1) is 6.07 Å². The van der Waals surface area contributed by atoms with Crippen LogP contribution in [0.5, 0.6) is 6.08 Å². The summed E-state index contributed by atoms with van der Waals surface area (Å²) in [5, 5.41) is 25.2. The maximum absolute atomic E-state index is 12.4. The van der Waals surface area contributed by atoms with Gasteiger partial charge in [0, 0.05) is 25.6 Å². The second-order valence-electron chi connectivity index (χ2n) is 7.63. The highest BCUT2D eigenvalue weighted by molar-refractivity contribution is 5.82. The van der Waals surface area contributed by atoms with E-state index in [1.807, 2.05) is 42.5 Å². The van der Waals surface area contributed by atoms with E-state index in [1.54, 1.807) is 11.6 Å². The summed E-state index contributed by atoms with van der Waals surface area (Å²) in [5.74, 6) is -0.262. The molecular formula is C23H25N4O4+. The Morgan fingerprint density at radius 2 is 2.10 bits per heavy atom. The molecule has 3 N–H and O–H groups in total. The van der Waals surface area contributed by atoms with E-state index in [9.17, 15) is 15.2 Å². The molecule has 1 saturated heterocycles. The number of carbonyl (C=O) groups is 1. The number of aromatic hydroxyl groups is 1. The molecule has 1 aliphatic heterocycles. The zero-order valence-corrected chi connectivity index (χ0v) is 17.3. The Balaban J connectivity index is 1.43. The third-order valence-electron chi connectivity index (χ3n) is 5.45. The Morgan fingerprint density at radius 1 is 1.32 bits per heavy atom. The van der Waals surface area contributed by atoms with Crippen molar-refractivity contribution in [2.75, 3.05) is 19.7 Å². The molecule has 4 rings (SSSR count). The minimum absolute atomic E-state index is 0.142. The Kier molecular flexibility index (Phi) is 6.16. The number of benzene rings is 2. The van der Waals surface area contributed by atoms with Crippen LogP contribution < -0.4 is 15.2 Å². The molecule has 8 nitrogen and oxygen atoms in total.